The van der Waals surface area contributed by atoms with E-state index >= 15 is 0 Å². The van der Waals surface area contributed by atoms with Gasteiger partial charge in [-0.2, -0.15) is 0 Å². The fraction of sp³-hybridized carbons (Fsp3) is 0.500. The Morgan fingerprint density at radius 1 is 1.28 bits per heavy atom. The number of rotatable bonds is 6. The van der Waals surface area contributed by atoms with Gasteiger partial charge in [-0.3, -0.25) is 4.79 Å². The SMILES string of the molecule is CCOc1ccc(NC(=O)C(C)(CC)OC)cc1. The van der Waals surface area contributed by atoms with E-state index in [0.29, 0.717) is 13.0 Å². The van der Waals surface area contributed by atoms with E-state index < -0.39 is 5.60 Å². The van der Waals surface area contributed by atoms with Crippen LogP contribution >= 0.6 is 0 Å². The van der Waals surface area contributed by atoms with Crippen LogP contribution in [0.3, 0.4) is 0 Å². The molecule has 1 unspecified atom stereocenters. The Morgan fingerprint density at radius 3 is 2.33 bits per heavy atom. The predicted octanol–water partition coefficient (Wildman–Crippen LogP) is 2.84. The smallest absolute Gasteiger partial charge is 0.256 e. The molecule has 4 nitrogen and oxygen atoms in total. The topological polar surface area (TPSA) is 47.6 Å². The van der Waals surface area contributed by atoms with Gasteiger partial charge in [-0.15, -0.1) is 0 Å². The molecule has 100 valence electrons. The summed E-state index contributed by atoms with van der Waals surface area (Å²) in [4.78, 5) is 12.0. The first-order valence-corrected chi connectivity index (χ1v) is 6.15. The third-order valence-electron chi connectivity index (χ3n) is 3.03. The van der Waals surface area contributed by atoms with Crippen molar-refractivity contribution in [2.75, 3.05) is 19.0 Å². The Hall–Kier alpha value is -1.55. The van der Waals surface area contributed by atoms with Crippen LogP contribution in [0, 0.1) is 0 Å². The van der Waals surface area contributed by atoms with Crippen molar-refractivity contribution in [2.24, 2.45) is 0 Å². The molecule has 4 heteroatoms. The van der Waals surface area contributed by atoms with Crippen LogP contribution in [0.2, 0.25) is 0 Å². The van der Waals surface area contributed by atoms with Gasteiger partial charge in [0.05, 0.1) is 6.61 Å². The molecule has 1 aromatic rings. The zero-order chi connectivity index (χ0) is 13.6. The van der Waals surface area contributed by atoms with Crippen LogP contribution in [0.1, 0.15) is 27.2 Å². The average Bonchev–Trinajstić information content (AvgIpc) is 2.40. The second-order valence-corrected chi connectivity index (χ2v) is 4.20. The van der Waals surface area contributed by atoms with E-state index in [1.807, 2.05) is 38.1 Å². The van der Waals surface area contributed by atoms with Crippen molar-refractivity contribution < 1.29 is 14.3 Å². The van der Waals surface area contributed by atoms with Crippen LogP contribution in [0.4, 0.5) is 5.69 Å². The minimum Gasteiger partial charge on any atom is -0.494 e. The lowest BCUT2D eigenvalue weighted by molar-refractivity contribution is -0.136. The zero-order valence-corrected chi connectivity index (χ0v) is 11.4. The molecule has 0 aliphatic rings. The van der Waals surface area contributed by atoms with Gasteiger partial charge in [-0.1, -0.05) is 6.92 Å². The van der Waals surface area contributed by atoms with E-state index in [2.05, 4.69) is 5.32 Å². The summed E-state index contributed by atoms with van der Waals surface area (Å²) < 4.78 is 10.6. The molecular formula is C14H21NO3. The number of ether oxygens (including phenoxy) is 2. The number of amides is 1. The van der Waals surface area contributed by atoms with Gasteiger partial charge in [-0.05, 0) is 44.5 Å². The lowest BCUT2D eigenvalue weighted by Gasteiger charge is -2.25. The van der Waals surface area contributed by atoms with Crippen molar-refractivity contribution in [3.05, 3.63) is 24.3 Å². The molecule has 0 bridgehead atoms. The van der Waals surface area contributed by atoms with E-state index in [4.69, 9.17) is 9.47 Å². The van der Waals surface area contributed by atoms with E-state index in [0.717, 1.165) is 11.4 Å². The molecule has 0 saturated heterocycles. The molecule has 0 aliphatic heterocycles. The van der Waals surface area contributed by atoms with E-state index in [1.54, 1.807) is 14.0 Å². The van der Waals surface area contributed by atoms with Crippen LogP contribution in [0.5, 0.6) is 5.75 Å². The van der Waals surface area contributed by atoms with Crippen LogP contribution in [-0.2, 0) is 9.53 Å². The van der Waals surface area contributed by atoms with Gasteiger partial charge in [0.1, 0.15) is 11.4 Å². The Balaban J connectivity index is 2.70. The maximum atomic E-state index is 12.0. The summed E-state index contributed by atoms with van der Waals surface area (Å²) in [5.41, 5.74) is -0.0568. The van der Waals surface area contributed by atoms with E-state index in [9.17, 15) is 4.79 Å². The number of benzene rings is 1. The third-order valence-corrected chi connectivity index (χ3v) is 3.03. The number of carbonyl (C=O) groups is 1. The fourth-order valence-electron chi connectivity index (χ4n) is 1.46. The van der Waals surface area contributed by atoms with Crippen LogP contribution in [-0.4, -0.2) is 25.2 Å². The first kappa shape index (κ1) is 14.5. The molecule has 1 N–H and O–H groups in total. The average molecular weight is 251 g/mol. The minimum atomic E-state index is -0.793. The maximum Gasteiger partial charge on any atom is 0.256 e. The largest absolute Gasteiger partial charge is 0.494 e. The molecule has 1 aromatic carbocycles. The van der Waals surface area contributed by atoms with Crippen molar-refractivity contribution in [2.45, 2.75) is 32.8 Å². The second kappa shape index (κ2) is 6.40. The summed E-state index contributed by atoms with van der Waals surface area (Å²) in [6.07, 6.45) is 0.617. The number of nitrogens with one attached hydrogen (secondary N) is 1. The van der Waals surface area contributed by atoms with Gasteiger partial charge in [0.15, 0.2) is 0 Å². The summed E-state index contributed by atoms with van der Waals surface area (Å²) in [7, 11) is 1.54. The highest BCUT2D eigenvalue weighted by Crippen LogP contribution is 2.20. The van der Waals surface area contributed by atoms with Gasteiger partial charge in [-0.25, -0.2) is 0 Å². The summed E-state index contributed by atoms with van der Waals surface area (Å²) in [5.74, 6) is 0.650. The van der Waals surface area contributed by atoms with Crippen LogP contribution < -0.4 is 10.1 Å². The molecule has 1 atom stereocenters. The molecule has 18 heavy (non-hydrogen) atoms. The normalized spacial score (nSPS) is 13.8. The van der Waals surface area contributed by atoms with Crippen molar-refractivity contribution in [3.8, 4) is 5.75 Å². The molecule has 0 saturated carbocycles. The van der Waals surface area contributed by atoms with Gasteiger partial charge in [0, 0.05) is 12.8 Å². The lowest BCUT2D eigenvalue weighted by atomic mass is 10.0. The summed E-state index contributed by atoms with van der Waals surface area (Å²) in [6, 6.07) is 7.29. The predicted molar refractivity (Wildman–Crippen MR) is 71.9 cm³/mol. The monoisotopic (exact) mass is 251 g/mol. The molecule has 0 radical (unpaired) electrons. The Kier molecular flexibility index (Phi) is 5.16. The number of hydrogen-bond acceptors (Lipinski definition) is 3. The number of methoxy groups -OCH3 is 1. The standard InChI is InChI=1S/C14H21NO3/c1-5-14(3,17-4)13(16)15-11-7-9-12(10-8-11)18-6-2/h7-10H,5-6H2,1-4H3,(H,15,16). The molecule has 0 spiro atoms. The van der Waals surface area contributed by atoms with E-state index in [-0.39, 0.29) is 5.91 Å². The third kappa shape index (κ3) is 3.47. The quantitative estimate of drug-likeness (QED) is 0.845. The molecule has 1 rings (SSSR count). The summed E-state index contributed by atoms with van der Waals surface area (Å²) >= 11 is 0. The van der Waals surface area contributed by atoms with Crippen LogP contribution in [0.15, 0.2) is 24.3 Å². The van der Waals surface area contributed by atoms with E-state index in [1.165, 1.54) is 0 Å². The molecular weight excluding hydrogens is 230 g/mol. The Morgan fingerprint density at radius 2 is 1.89 bits per heavy atom. The van der Waals surface area contributed by atoms with Crippen molar-refractivity contribution >= 4 is 11.6 Å². The summed E-state index contributed by atoms with van der Waals surface area (Å²) in [5, 5.41) is 2.83. The maximum absolute atomic E-state index is 12.0. The number of hydrogen-bond donors (Lipinski definition) is 1. The second-order valence-electron chi connectivity index (χ2n) is 4.20. The molecule has 1 amide bonds. The van der Waals surface area contributed by atoms with Gasteiger partial charge < -0.3 is 14.8 Å². The first-order chi connectivity index (χ1) is 8.55. The van der Waals surface area contributed by atoms with Crippen molar-refractivity contribution in [3.63, 3.8) is 0 Å². The Labute approximate surface area is 108 Å². The lowest BCUT2D eigenvalue weighted by Crippen LogP contribution is -2.41. The molecule has 0 fully saturated rings. The first-order valence-electron chi connectivity index (χ1n) is 6.15. The molecule has 0 aliphatic carbocycles. The number of anilines is 1. The highest BCUT2D eigenvalue weighted by molar-refractivity contribution is 5.97. The van der Waals surface area contributed by atoms with Crippen LogP contribution in [0.25, 0.3) is 0 Å². The van der Waals surface area contributed by atoms with Gasteiger partial charge >= 0.3 is 0 Å². The summed E-state index contributed by atoms with van der Waals surface area (Å²) in [6.45, 7) is 6.25. The highest BCUT2D eigenvalue weighted by atomic mass is 16.5. The fourth-order valence-corrected chi connectivity index (χ4v) is 1.46. The highest BCUT2D eigenvalue weighted by Gasteiger charge is 2.30. The van der Waals surface area contributed by atoms with Gasteiger partial charge in [0.2, 0.25) is 0 Å². The molecule has 0 aromatic heterocycles. The zero-order valence-electron chi connectivity index (χ0n) is 11.4. The van der Waals surface area contributed by atoms with Crippen molar-refractivity contribution in [1.82, 2.24) is 0 Å². The molecule has 0 heterocycles. The van der Waals surface area contributed by atoms with Crippen molar-refractivity contribution in [1.29, 1.82) is 0 Å². The minimum absolute atomic E-state index is 0.142. The number of carbonyl (C=O) groups excluding carboxylic acids is 1. The Bertz CT molecular complexity index is 383. The van der Waals surface area contributed by atoms with Gasteiger partial charge in [0.25, 0.3) is 5.91 Å².